The van der Waals surface area contributed by atoms with Gasteiger partial charge in [0.2, 0.25) is 0 Å². The van der Waals surface area contributed by atoms with Crippen LogP contribution >= 0.6 is 7.75 Å². The number of aliphatic hydroxyl groups is 2. The molecular formula is C19H24FN4O9P. The summed E-state index contributed by atoms with van der Waals surface area (Å²) in [6.45, 7) is 0.888. The van der Waals surface area contributed by atoms with Gasteiger partial charge in [0.1, 0.15) is 35.9 Å². The van der Waals surface area contributed by atoms with Gasteiger partial charge < -0.3 is 30.3 Å². The van der Waals surface area contributed by atoms with E-state index in [2.05, 4.69) is 10.1 Å². The highest BCUT2D eigenvalue weighted by atomic mass is 31.2. The first-order valence-corrected chi connectivity index (χ1v) is 11.4. The highest BCUT2D eigenvalue weighted by molar-refractivity contribution is 7.52. The van der Waals surface area contributed by atoms with Crippen molar-refractivity contribution in [3.63, 3.8) is 0 Å². The fraction of sp³-hybridized carbons (Fsp3) is 0.421. The van der Waals surface area contributed by atoms with Gasteiger partial charge >= 0.3 is 19.4 Å². The number of para-hydroxylation sites is 1. The molecule has 3 rings (SSSR count). The SMILES string of the molecule is C[C@H](N[P@@](=O)(OC[C@@]1(F)O[C@@H](n2ccc(N)nc2=O)[C@](C)(O)[C@@H]1O)Oc1ccccc1)C(=O)O. The van der Waals surface area contributed by atoms with Crippen molar-refractivity contribution in [3.05, 3.63) is 53.1 Å². The molecule has 0 amide bonds. The number of hydrogen-bond donors (Lipinski definition) is 5. The quantitative estimate of drug-likeness (QED) is 0.297. The molecule has 2 heterocycles. The molecule has 2 aromatic rings. The van der Waals surface area contributed by atoms with Gasteiger partial charge in [0.15, 0.2) is 6.23 Å². The van der Waals surface area contributed by atoms with Crippen molar-refractivity contribution in [2.75, 3.05) is 12.3 Å². The number of rotatable bonds is 9. The molecule has 1 fully saturated rings. The standard InChI is InChI=1S/C19H24FN4O9P/c1-11(14(25)26)23-34(30,33-12-6-4-3-5-7-12)31-10-19(20)15(27)18(2,29)16(32-19)24-9-8-13(21)22-17(24)28/h3-9,11,15-16,27,29H,10H2,1-2H3,(H,23,30)(H,25,26)(H2,21,22,28)/t11-,15-,16+,18+,19+,34+/m0/s1. The van der Waals surface area contributed by atoms with Gasteiger partial charge in [0, 0.05) is 6.20 Å². The van der Waals surface area contributed by atoms with Crippen molar-refractivity contribution >= 4 is 19.5 Å². The summed E-state index contributed by atoms with van der Waals surface area (Å²) < 4.78 is 45.2. The number of nitrogens with one attached hydrogen (secondary N) is 1. The Morgan fingerprint density at radius 1 is 1.41 bits per heavy atom. The van der Waals surface area contributed by atoms with E-state index in [0.29, 0.717) is 4.57 Å². The molecule has 34 heavy (non-hydrogen) atoms. The van der Waals surface area contributed by atoms with Crippen LogP contribution in [0.1, 0.15) is 20.1 Å². The molecule has 186 valence electrons. The molecule has 1 aliphatic heterocycles. The Kier molecular flexibility index (Phi) is 7.12. The van der Waals surface area contributed by atoms with Crippen LogP contribution in [0.15, 0.2) is 47.4 Å². The molecule has 0 unspecified atom stereocenters. The number of anilines is 1. The van der Waals surface area contributed by atoms with Crippen LogP contribution < -0.4 is 21.0 Å². The lowest BCUT2D eigenvalue weighted by Gasteiger charge is -2.28. The summed E-state index contributed by atoms with van der Waals surface area (Å²) in [6, 6.07) is 7.28. The third-order valence-corrected chi connectivity index (χ3v) is 6.62. The summed E-state index contributed by atoms with van der Waals surface area (Å²) in [5.74, 6) is -4.71. The molecular weight excluding hydrogens is 478 g/mol. The Bertz CT molecular complexity index is 1150. The molecule has 1 aromatic carbocycles. The van der Waals surface area contributed by atoms with Crippen molar-refractivity contribution in [1.29, 1.82) is 0 Å². The molecule has 1 saturated heterocycles. The van der Waals surface area contributed by atoms with Gasteiger partial charge in [-0.1, -0.05) is 18.2 Å². The van der Waals surface area contributed by atoms with E-state index in [0.717, 1.165) is 20.0 Å². The first-order valence-electron chi connectivity index (χ1n) is 9.89. The normalized spacial score (nSPS) is 29.3. The van der Waals surface area contributed by atoms with E-state index in [-0.39, 0.29) is 11.6 Å². The first kappa shape index (κ1) is 25.7. The summed E-state index contributed by atoms with van der Waals surface area (Å²) in [7, 11) is -4.56. The van der Waals surface area contributed by atoms with Gasteiger partial charge in [-0.3, -0.25) is 13.9 Å². The predicted molar refractivity (Wildman–Crippen MR) is 114 cm³/mol. The average Bonchev–Trinajstić information content (AvgIpc) is 2.93. The van der Waals surface area contributed by atoms with E-state index in [1.807, 2.05) is 0 Å². The number of aliphatic hydroxyl groups excluding tert-OH is 1. The summed E-state index contributed by atoms with van der Waals surface area (Å²) in [5, 5.41) is 32.5. The van der Waals surface area contributed by atoms with E-state index in [4.69, 9.17) is 24.6 Å². The molecule has 6 atom stereocenters. The van der Waals surface area contributed by atoms with E-state index in [1.165, 1.54) is 18.2 Å². The number of carbonyl (C=O) groups is 1. The van der Waals surface area contributed by atoms with Gasteiger partial charge in [-0.15, -0.1) is 0 Å². The van der Waals surface area contributed by atoms with Crippen LogP contribution in [0.4, 0.5) is 10.2 Å². The Morgan fingerprint density at radius 3 is 2.65 bits per heavy atom. The van der Waals surface area contributed by atoms with E-state index < -0.39 is 55.8 Å². The maximum absolute atomic E-state index is 15.7. The zero-order valence-electron chi connectivity index (χ0n) is 18.1. The number of benzene rings is 1. The topological polar surface area (TPSA) is 195 Å². The zero-order valence-corrected chi connectivity index (χ0v) is 19.0. The maximum atomic E-state index is 15.7. The number of alkyl halides is 1. The second-order valence-corrected chi connectivity index (χ2v) is 9.49. The first-order chi connectivity index (χ1) is 15.8. The van der Waals surface area contributed by atoms with E-state index in [1.54, 1.807) is 18.2 Å². The fourth-order valence-corrected chi connectivity index (χ4v) is 4.68. The van der Waals surface area contributed by atoms with Crippen LogP contribution in [0.25, 0.3) is 0 Å². The predicted octanol–water partition coefficient (Wildman–Crippen LogP) is 0.398. The van der Waals surface area contributed by atoms with Crippen molar-refractivity contribution in [2.24, 2.45) is 0 Å². The van der Waals surface area contributed by atoms with Gasteiger partial charge in [0.05, 0.1) is 0 Å². The van der Waals surface area contributed by atoms with Crippen molar-refractivity contribution < 1.29 is 42.9 Å². The Labute approximate surface area is 192 Å². The van der Waals surface area contributed by atoms with Gasteiger partial charge in [-0.05, 0) is 32.0 Å². The number of carboxylic acid groups (broad SMARTS) is 1. The highest BCUT2D eigenvalue weighted by Gasteiger charge is 2.63. The number of carboxylic acids is 1. The van der Waals surface area contributed by atoms with Crippen LogP contribution in [-0.4, -0.2) is 61.0 Å². The second kappa shape index (κ2) is 9.41. The number of aromatic nitrogens is 2. The zero-order chi connectivity index (χ0) is 25.3. The molecule has 0 spiro atoms. The molecule has 15 heteroatoms. The molecule has 0 aliphatic carbocycles. The monoisotopic (exact) mass is 502 g/mol. The summed E-state index contributed by atoms with van der Waals surface area (Å²) in [5.41, 5.74) is 2.07. The fourth-order valence-electron chi connectivity index (χ4n) is 3.17. The van der Waals surface area contributed by atoms with Crippen LogP contribution in [0, 0.1) is 0 Å². The van der Waals surface area contributed by atoms with Crippen molar-refractivity contribution in [2.45, 2.75) is 43.7 Å². The number of nitrogen functional groups attached to an aromatic ring is 1. The molecule has 0 radical (unpaired) electrons. The number of nitrogens with zero attached hydrogens (tertiary/aromatic N) is 2. The Balaban J connectivity index is 1.86. The molecule has 0 bridgehead atoms. The largest absolute Gasteiger partial charge is 0.480 e. The van der Waals surface area contributed by atoms with Gasteiger partial charge in [-0.2, -0.15) is 10.1 Å². The Hall–Kier alpha value is -2.87. The maximum Gasteiger partial charge on any atom is 0.459 e. The number of hydrogen-bond acceptors (Lipinski definition) is 10. The number of halogens is 1. The molecule has 13 nitrogen and oxygen atoms in total. The third kappa shape index (κ3) is 5.27. The number of nitrogens with two attached hydrogens (primary N) is 1. The lowest BCUT2D eigenvalue weighted by molar-refractivity contribution is -0.203. The molecule has 1 aromatic heterocycles. The van der Waals surface area contributed by atoms with Crippen molar-refractivity contribution in [1.82, 2.24) is 14.6 Å². The second-order valence-electron chi connectivity index (χ2n) is 7.79. The number of ether oxygens (including phenoxy) is 1. The van der Waals surface area contributed by atoms with Crippen LogP contribution in [0.2, 0.25) is 0 Å². The minimum Gasteiger partial charge on any atom is -0.480 e. The van der Waals surface area contributed by atoms with Crippen LogP contribution in [-0.2, 0) is 18.6 Å². The lowest BCUT2D eigenvalue weighted by Crippen LogP contribution is -2.50. The van der Waals surface area contributed by atoms with E-state index >= 15 is 4.39 Å². The summed E-state index contributed by atoms with van der Waals surface area (Å²) in [4.78, 5) is 26.9. The van der Waals surface area contributed by atoms with Crippen molar-refractivity contribution in [3.8, 4) is 5.75 Å². The van der Waals surface area contributed by atoms with Crippen LogP contribution in [0.3, 0.4) is 0 Å². The molecule has 0 saturated carbocycles. The average molecular weight is 502 g/mol. The minimum atomic E-state index is -4.56. The summed E-state index contributed by atoms with van der Waals surface area (Å²) in [6.07, 6.45) is -2.98. The molecule has 6 N–H and O–H groups in total. The smallest absolute Gasteiger partial charge is 0.459 e. The lowest BCUT2D eigenvalue weighted by atomic mass is 9.95. The highest BCUT2D eigenvalue weighted by Crippen LogP contribution is 2.50. The van der Waals surface area contributed by atoms with Crippen LogP contribution in [0.5, 0.6) is 5.75 Å². The van der Waals surface area contributed by atoms with E-state index in [9.17, 15) is 24.4 Å². The molecule has 1 aliphatic rings. The Morgan fingerprint density at radius 2 is 2.06 bits per heavy atom. The van der Waals surface area contributed by atoms with Gasteiger partial charge in [-0.25, -0.2) is 13.8 Å². The van der Waals surface area contributed by atoms with Gasteiger partial charge in [0.25, 0.3) is 5.85 Å². The summed E-state index contributed by atoms with van der Waals surface area (Å²) >= 11 is 0. The number of aliphatic carboxylic acids is 1. The minimum absolute atomic E-state index is 0.0149. The third-order valence-electron chi connectivity index (χ3n) is 5.00.